The van der Waals surface area contributed by atoms with E-state index < -0.39 is 30.3 Å². The Kier molecular flexibility index (Phi) is 6.43. The topological polar surface area (TPSA) is 59.9 Å². The Balaban J connectivity index is 2.68. The number of hydrogen-bond acceptors (Lipinski definition) is 4. The summed E-state index contributed by atoms with van der Waals surface area (Å²) in [6, 6.07) is 4.09. The SMILES string of the molecule is CCOC(=O)N/N=C\c1ccc(OC(F)(F)[C@@H](F)C(F)(F)F)cc1. The summed E-state index contributed by atoms with van der Waals surface area (Å²) in [7, 11) is 0. The van der Waals surface area contributed by atoms with Gasteiger partial charge in [-0.25, -0.2) is 14.6 Å². The number of carbonyl (C=O) groups is 1. The number of nitrogens with one attached hydrogen (secondary N) is 1. The van der Waals surface area contributed by atoms with E-state index in [1.807, 2.05) is 5.43 Å². The third-order valence-electron chi connectivity index (χ3n) is 2.36. The van der Waals surface area contributed by atoms with Crippen LogP contribution < -0.4 is 10.2 Å². The number of halogens is 6. The molecule has 11 heteroatoms. The van der Waals surface area contributed by atoms with Gasteiger partial charge in [0, 0.05) is 0 Å². The molecule has 0 aromatic heterocycles. The molecule has 1 atom stereocenters. The van der Waals surface area contributed by atoms with Crippen LogP contribution in [0.4, 0.5) is 31.1 Å². The van der Waals surface area contributed by atoms with Crippen molar-refractivity contribution < 1.29 is 40.6 Å². The third kappa shape index (κ3) is 5.97. The van der Waals surface area contributed by atoms with E-state index in [0.717, 1.165) is 30.5 Å². The van der Waals surface area contributed by atoms with Crippen molar-refractivity contribution in [1.82, 2.24) is 5.43 Å². The van der Waals surface area contributed by atoms with Crippen molar-refractivity contribution in [2.24, 2.45) is 5.10 Å². The van der Waals surface area contributed by atoms with Crippen molar-refractivity contribution in [2.75, 3.05) is 6.61 Å². The zero-order valence-electron chi connectivity index (χ0n) is 12.1. The fourth-order valence-corrected chi connectivity index (χ4v) is 1.34. The zero-order chi connectivity index (χ0) is 18.4. The fourth-order valence-electron chi connectivity index (χ4n) is 1.34. The molecule has 0 aliphatic heterocycles. The Morgan fingerprint density at radius 3 is 2.33 bits per heavy atom. The molecule has 5 nitrogen and oxygen atoms in total. The number of carbonyl (C=O) groups excluding carboxylic acids is 1. The van der Waals surface area contributed by atoms with Crippen LogP contribution in [0.2, 0.25) is 0 Å². The smallest absolute Gasteiger partial charge is 0.439 e. The van der Waals surface area contributed by atoms with Gasteiger partial charge >= 0.3 is 18.4 Å². The van der Waals surface area contributed by atoms with E-state index in [2.05, 4.69) is 14.6 Å². The number of nitrogens with zero attached hydrogens (tertiary/aromatic N) is 1. The molecule has 1 rings (SSSR count). The van der Waals surface area contributed by atoms with Gasteiger partial charge in [-0.2, -0.15) is 27.1 Å². The number of hydrogen-bond donors (Lipinski definition) is 1. The molecular formula is C13H12F6N2O3. The zero-order valence-corrected chi connectivity index (χ0v) is 12.1. The second-order valence-electron chi connectivity index (χ2n) is 4.23. The molecule has 0 saturated carbocycles. The highest BCUT2D eigenvalue weighted by atomic mass is 19.4. The van der Waals surface area contributed by atoms with Crippen LogP contribution in [-0.4, -0.2) is 37.4 Å². The molecule has 0 bridgehead atoms. The van der Waals surface area contributed by atoms with Crippen LogP contribution in [0, 0.1) is 0 Å². The summed E-state index contributed by atoms with van der Waals surface area (Å²) in [4.78, 5) is 10.9. The molecule has 1 aromatic carbocycles. The predicted octanol–water partition coefficient (Wildman–Crippen LogP) is 3.64. The monoisotopic (exact) mass is 358 g/mol. The Labute approximate surface area is 132 Å². The van der Waals surface area contributed by atoms with Crippen molar-refractivity contribution >= 4 is 12.3 Å². The molecule has 0 fully saturated rings. The van der Waals surface area contributed by atoms with Gasteiger partial charge in [-0.3, -0.25) is 0 Å². The number of hydrazone groups is 1. The van der Waals surface area contributed by atoms with Gasteiger partial charge in [0.25, 0.3) is 6.17 Å². The fraction of sp³-hybridized carbons (Fsp3) is 0.385. The highest BCUT2D eigenvalue weighted by molar-refractivity contribution is 5.81. The van der Waals surface area contributed by atoms with Gasteiger partial charge in [0.15, 0.2) is 0 Å². The molecule has 134 valence electrons. The second kappa shape index (κ2) is 7.88. The average molecular weight is 358 g/mol. The van der Waals surface area contributed by atoms with Gasteiger partial charge in [0.05, 0.1) is 12.8 Å². The number of benzene rings is 1. The van der Waals surface area contributed by atoms with Crippen LogP contribution in [0.5, 0.6) is 5.75 Å². The quantitative estimate of drug-likeness (QED) is 0.480. The van der Waals surface area contributed by atoms with E-state index in [1.165, 1.54) is 0 Å². The Hall–Kier alpha value is -2.46. The van der Waals surface area contributed by atoms with Crippen LogP contribution in [-0.2, 0) is 4.74 Å². The van der Waals surface area contributed by atoms with E-state index in [9.17, 15) is 31.1 Å². The lowest BCUT2D eigenvalue weighted by atomic mass is 10.2. The molecular weight excluding hydrogens is 346 g/mol. The minimum atomic E-state index is -5.76. The molecule has 0 saturated heterocycles. The summed E-state index contributed by atoms with van der Waals surface area (Å²) in [5.74, 6) is -0.678. The lowest BCUT2D eigenvalue weighted by Crippen LogP contribution is -2.45. The average Bonchev–Trinajstić information content (AvgIpc) is 2.47. The summed E-state index contributed by atoms with van der Waals surface area (Å²) < 4.78 is 83.0. The summed E-state index contributed by atoms with van der Waals surface area (Å²) in [6.45, 7) is 1.72. The van der Waals surface area contributed by atoms with Gasteiger partial charge in [-0.15, -0.1) is 0 Å². The normalized spacial score (nSPS) is 13.6. The van der Waals surface area contributed by atoms with Crippen molar-refractivity contribution in [3.05, 3.63) is 29.8 Å². The minimum Gasteiger partial charge on any atom is -0.449 e. The highest BCUT2D eigenvalue weighted by Gasteiger charge is 2.59. The third-order valence-corrected chi connectivity index (χ3v) is 2.36. The van der Waals surface area contributed by atoms with Crippen LogP contribution in [0.15, 0.2) is 29.4 Å². The maximum absolute atomic E-state index is 13.1. The maximum Gasteiger partial charge on any atom is 0.439 e. The summed E-state index contributed by atoms with van der Waals surface area (Å²) in [5, 5.41) is 3.48. The Morgan fingerprint density at radius 2 is 1.83 bits per heavy atom. The van der Waals surface area contributed by atoms with Gasteiger partial charge in [-0.1, -0.05) is 0 Å². The molecule has 0 radical (unpaired) electrons. The number of ether oxygens (including phenoxy) is 2. The lowest BCUT2D eigenvalue weighted by molar-refractivity contribution is -0.304. The van der Waals surface area contributed by atoms with Gasteiger partial charge in [0.2, 0.25) is 0 Å². The van der Waals surface area contributed by atoms with Crippen molar-refractivity contribution in [2.45, 2.75) is 25.4 Å². The van der Waals surface area contributed by atoms with E-state index in [0.29, 0.717) is 5.56 Å². The molecule has 0 unspecified atom stereocenters. The van der Waals surface area contributed by atoms with E-state index in [4.69, 9.17) is 0 Å². The maximum atomic E-state index is 13.1. The first-order chi connectivity index (χ1) is 11.1. The summed E-state index contributed by atoms with van der Waals surface area (Å²) in [5.41, 5.74) is 2.30. The lowest BCUT2D eigenvalue weighted by Gasteiger charge is -2.23. The van der Waals surface area contributed by atoms with Crippen LogP contribution in [0.1, 0.15) is 12.5 Å². The standard InChI is InChI=1S/C13H12F6N2O3/c1-2-23-11(22)21-20-7-8-3-5-9(6-4-8)24-13(18,19)10(14)12(15,16)17/h3-7,10H,2H2,1H3,(H,21,22)/b20-7-/t10-/m0/s1. The Morgan fingerprint density at radius 1 is 1.25 bits per heavy atom. The van der Waals surface area contributed by atoms with Crippen LogP contribution >= 0.6 is 0 Å². The molecule has 0 heterocycles. The predicted molar refractivity (Wildman–Crippen MR) is 70.7 cm³/mol. The summed E-state index contributed by atoms with van der Waals surface area (Å²) >= 11 is 0. The van der Waals surface area contributed by atoms with Gasteiger partial charge in [-0.05, 0) is 36.8 Å². The first-order valence-corrected chi connectivity index (χ1v) is 6.39. The summed E-state index contributed by atoms with van der Waals surface area (Å²) in [6.07, 6.45) is -15.0. The molecule has 0 aliphatic carbocycles. The van der Waals surface area contributed by atoms with Crippen LogP contribution in [0.3, 0.4) is 0 Å². The largest absolute Gasteiger partial charge is 0.449 e. The first-order valence-electron chi connectivity index (χ1n) is 6.39. The van der Waals surface area contributed by atoms with E-state index in [-0.39, 0.29) is 6.61 Å². The van der Waals surface area contributed by atoms with Gasteiger partial charge in [0.1, 0.15) is 5.75 Å². The minimum absolute atomic E-state index is 0.134. The number of amides is 1. The molecule has 1 amide bonds. The van der Waals surface area contributed by atoms with Gasteiger partial charge < -0.3 is 9.47 Å². The number of alkyl halides is 6. The molecule has 0 spiro atoms. The highest BCUT2D eigenvalue weighted by Crippen LogP contribution is 2.36. The van der Waals surface area contributed by atoms with E-state index >= 15 is 0 Å². The molecule has 1 aromatic rings. The molecule has 1 N–H and O–H groups in total. The van der Waals surface area contributed by atoms with Crippen molar-refractivity contribution in [1.29, 1.82) is 0 Å². The van der Waals surface area contributed by atoms with E-state index in [1.54, 1.807) is 6.92 Å². The number of rotatable bonds is 6. The van der Waals surface area contributed by atoms with Crippen molar-refractivity contribution in [3.63, 3.8) is 0 Å². The van der Waals surface area contributed by atoms with Crippen LogP contribution in [0.25, 0.3) is 0 Å². The Bertz CT molecular complexity index is 574. The molecule has 24 heavy (non-hydrogen) atoms. The van der Waals surface area contributed by atoms with Crippen molar-refractivity contribution in [3.8, 4) is 5.75 Å². The first kappa shape index (κ1) is 19.6. The molecule has 0 aliphatic rings. The second-order valence-corrected chi connectivity index (χ2v) is 4.23.